The largest absolute Gasteiger partial charge is 0.497 e. The summed E-state index contributed by atoms with van der Waals surface area (Å²) in [5, 5.41) is 2.94. The van der Waals surface area contributed by atoms with Crippen molar-refractivity contribution in [1.82, 2.24) is 5.32 Å². The normalized spacial score (nSPS) is 16.6. The molecule has 1 aliphatic rings. The summed E-state index contributed by atoms with van der Waals surface area (Å²) in [6.45, 7) is 0.548. The monoisotopic (exact) mass is 327 g/mol. The van der Waals surface area contributed by atoms with Crippen molar-refractivity contribution < 1.29 is 14.3 Å². The molecule has 1 amide bonds. The number of carbonyl (C=O) groups excluding carboxylic acids is 1. The summed E-state index contributed by atoms with van der Waals surface area (Å²) in [6.07, 6.45) is 3.17. The van der Waals surface area contributed by atoms with Crippen molar-refractivity contribution in [2.75, 3.05) is 20.8 Å². The zero-order chi connectivity index (χ0) is 13.9. The molecule has 2 rings (SSSR count). The third-order valence-electron chi connectivity index (χ3n) is 3.69. The van der Waals surface area contributed by atoms with Crippen molar-refractivity contribution >= 4 is 21.8 Å². The maximum absolute atomic E-state index is 12.2. The van der Waals surface area contributed by atoms with Crippen LogP contribution in [-0.4, -0.2) is 32.3 Å². The smallest absolute Gasteiger partial charge is 0.252 e. The molecule has 0 aromatic heterocycles. The number of ether oxygens (including phenoxy) is 2. The van der Waals surface area contributed by atoms with Gasteiger partial charge in [0.2, 0.25) is 0 Å². The maximum Gasteiger partial charge on any atom is 0.252 e. The predicted molar refractivity (Wildman–Crippen MR) is 76.6 cm³/mol. The fourth-order valence-electron chi connectivity index (χ4n) is 2.17. The average Bonchev–Trinajstić information content (AvgIpc) is 2.38. The Balaban J connectivity index is 2.03. The summed E-state index contributed by atoms with van der Waals surface area (Å²) in [7, 11) is 3.28. The SMILES string of the molecule is COc1ccc(Br)c(C(=O)NCC2(OC)CCC2)c1. The lowest BCUT2D eigenvalue weighted by atomic mass is 9.80. The fraction of sp³-hybridized carbons (Fsp3) is 0.500. The third kappa shape index (κ3) is 3.09. The maximum atomic E-state index is 12.2. The molecule has 1 aliphatic carbocycles. The molecule has 1 aromatic carbocycles. The molecule has 0 heterocycles. The molecule has 4 nitrogen and oxygen atoms in total. The molecule has 104 valence electrons. The first-order valence-electron chi connectivity index (χ1n) is 6.27. The number of methoxy groups -OCH3 is 2. The van der Waals surface area contributed by atoms with Crippen molar-refractivity contribution in [2.45, 2.75) is 24.9 Å². The summed E-state index contributed by atoms with van der Waals surface area (Å²) in [5.74, 6) is 0.549. The highest BCUT2D eigenvalue weighted by molar-refractivity contribution is 9.10. The number of benzene rings is 1. The molecule has 0 atom stereocenters. The van der Waals surface area contributed by atoms with E-state index in [1.165, 1.54) is 0 Å². The van der Waals surface area contributed by atoms with Gasteiger partial charge < -0.3 is 14.8 Å². The van der Waals surface area contributed by atoms with E-state index in [1.54, 1.807) is 20.3 Å². The van der Waals surface area contributed by atoms with Gasteiger partial charge in [0.05, 0.1) is 18.3 Å². The average molecular weight is 328 g/mol. The lowest BCUT2D eigenvalue weighted by molar-refractivity contribution is -0.0679. The van der Waals surface area contributed by atoms with Crippen LogP contribution in [0.4, 0.5) is 0 Å². The first kappa shape index (κ1) is 14.3. The molecule has 19 heavy (non-hydrogen) atoms. The van der Waals surface area contributed by atoms with Crippen LogP contribution < -0.4 is 10.1 Å². The molecule has 0 saturated heterocycles. The summed E-state index contributed by atoms with van der Waals surface area (Å²) >= 11 is 3.38. The topological polar surface area (TPSA) is 47.6 Å². The Hall–Kier alpha value is -1.07. The highest BCUT2D eigenvalue weighted by Crippen LogP contribution is 2.34. The number of halogens is 1. The second-order valence-electron chi connectivity index (χ2n) is 4.77. The van der Waals surface area contributed by atoms with Crippen molar-refractivity contribution in [3.05, 3.63) is 28.2 Å². The second kappa shape index (κ2) is 5.92. The van der Waals surface area contributed by atoms with Crippen molar-refractivity contribution in [3.8, 4) is 5.75 Å². The number of amides is 1. The summed E-state index contributed by atoms with van der Waals surface area (Å²) in [4.78, 5) is 12.2. The van der Waals surface area contributed by atoms with E-state index >= 15 is 0 Å². The first-order valence-corrected chi connectivity index (χ1v) is 7.06. The highest BCUT2D eigenvalue weighted by Gasteiger charge is 2.37. The minimum atomic E-state index is -0.166. The van der Waals surface area contributed by atoms with Crippen LogP contribution in [0, 0.1) is 0 Å². The van der Waals surface area contributed by atoms with Crippen LogP contribution in [0.1, 0.15) is 29.6 Å². The van der Waals surface area contributed by atoms with E-state index in [0.717, 1.165) is 23.7 Å². The minimum Gasteiger partial charge on any atom is -0.497 e. The van der Waals surface area contributed by atoms with Crippen LogP contribution in [0.3, 0.4) is 0 Å². The minimum absolute atomic E-state index is 0.117. The quantitative estimate of drug-likeness (QED) is 0.904. The molecule has 0 bridgehead atoms. The van der Waals surface area contributed by atoms with Gasteiger partial charge in [-0.1, -0.05) is 0 Å². The predicted octanol–water partition coefficient (Wildman–Crippen LogP) is 2.76. The lowest BCUT2D eigenvalue weighted by Gasteiger charge is -2.40. The van der Waals surface area contributed by atoms with Gasteiger partial charge >= 0.3 is 0 Å². The summed E-state index contributed by atoms with van der Waals surface area (Å²) in [6, 6.07) is 5.34. The Bertz CT molecular complexity index is 466. The molecule has 0 aliphatic heterocycles. The number of carbonyl (C=O) groups is 1. The number of hydrogen-bond acceptors (Lipinski definition) is 3. The van der Waals surface area contributed by atoms with Gasteiger partial charge in [0.25, 0.3) is 5.91 Å². The van der Waals surface area contributed by atoms with Crippen molar-refractivity contribution in [2.24, 2.45) is 0 Å². The van der Waals surface area contributed by atoms with E-state index in [4.69, 9.17) is 9.47 Å². The van der Waals surface area contributed by atoms with Crippen LogP contribution in [0.25, 0.3) is 0 Å². The zero-order valence-corrected chi connectivity index (χ0v) is 12.7. The molecule has 0 spiro atoms. The van der Waals surface area contributed by atoms with Crippen LogP contribution in [-0.2, 0) is 4.74 Å². The Morgan fingerprint density at radius 2 is 2.16 bits per heavy atom. The molecule has 1 N–H and O–H groups in total. The van der Waals surface area contributed by atoms with Crippen LogP contribution in [0.15, 0.2) is 22.7 Å². The molecule has 5 heteroatoms. The number of nitrogens with one attached hydrogen (secondary N) is 1. The summed E-state index contributed by atoms with van der Waals surface area (Å²) in [5.41, 5.74) is 0.408. The van der Waals surface area contributed by atoms with Crippen LogP contribution in [0.2, 0.25) is 0 Å². The van der Waals surface area contributed by atoms with Gasteiger partial charge in [0.15, 0.2) is 0 Å². The molecular weight excluding hydrogens is 310 g/mol. The van der Waals surface area contributed by atoms with E-state index in [2.05, 4.69) is 21.2 Å². The molecular formula is C14H18BrNO3. The van der Waals surface area contributed by atoms with Gasteiger partial charge in [0.1, 0.15) is 5.75 Å². The van der Waals surface area contributed by atoms with E-state index in [-0.39, 0.29) is 11.5 Å². The second-order valence-corrected chi connectivity index (χ2v) is 5.62. The van der Waals surface area contributed by atoms with Gasteiger partial charge in [-0.25, -0.2) is 0 Å². The lowest BCUT2D eigenvalue weighted by Crippen LogP contribution is -2.49. The Labute approximate surface area is 121 Å². The summed E-state index contributed by atoms with van der Waals surface area (Å²) < 4.78 is 11.4. The molecule has 0 radical (unpaired) electrons. The highest BCUT2D eigenvalue weighted by atomic mass is 79.9. The molecule has 1 aromatic rings. The number of hydrogen-bond donors (Lipinski definition) is 1. The van der Waals surface area contributed by atoms with E-state index in [1.807, 2.05) is 12.1 Å². The number of rotatable bonds is 5. The van der Waals surface area contributed by atoms with Gasteiger partial charge in [-0.05, 0) is 53.4 Å². The van der Waals surface area contributed by atoms with Crippen molar-refractivity contribution in [1.29, 1.82) is 0 Å². The van der Waals surface area contributed by atoms with Crippen molar-refractivity contribution in [3.63, 3.8) is 0 Å². The van der Waals surface area contributed by atoms with E-state index < -0.39 is 0 Å². The van der Waals surface area contributed by atoms with Gasteiger partial charge in [-0.15, -0.1) is 0 Å². The van der Waals surface area contributed by atoms with E-state index in [9.17, 15) is 4.79 Å². The van der Waals surface area contributed by atoms with Gasteiger partial charge in [-0.3, -0.25) is 4.79 Å². The Morgan fingerprint density at radius 3 is 2.68 bits per heavy atom. The van der Waals surface area contributed by atoms with Gasteiger partial charge in [0, 0.05) is 18.1 Å². The van der Waals surface area contributed by atoms with E-state index in [0.29, 0.717) is 17.9 Å². The Kier molecular flexibility index (Phi) is 4.47. The molecule has 1 fully saturated rings. The first-order chi connectivity index (χ1) is 9.10. The van der Waals surface area contributed by atoms with Crippen LogP contribution in [0.5, 0.6) is 5.75 Å². The fourth-order valence-corrected chi connectivity index (χ4v) is 2.59. The Morgan fingerprint density at radius 1 is 1.42 bits per heavy atom. The third-order valence-corrected chi connectivity index (χ3v) is 4.38. The molecule has 1 saturated carbocycles. The molecule has 0 unspecified atom stereocenters. The zero-order valence-electron chi connectivity index (χ0n) is 11.2. The van der Waals surface area contributed by atoms with Gasteiger partial charge in [-0.2, -0.15) is 0 Å². The standard InChI is InChI=1S/C14H18BrNO3/c1-18-10-4-5-12(15)11(8-10)13(17)16-9-14(19-2)6-3-7-14/h4-5,8H,3,6-7,9H2,1-2H3,(H,16,17). The van der Waals surface area contributed by atoms with Crippen LogP contribution >= 0.6 is 15.9 Å².